The van der Waals surface area contributed by atoms with E-state index in [9.17, 15) is 9.18 Å². The Kier molecular flexibility index (Phi) is 4.04. The van der Waals surface area contributed by atoms with Gasteiger partial charge in [-0.3, -0.25) is 4.79 Å². The maximum absolute atomic E-state index is 13.6. The van der Waals surface area contributed by atoms with Crippen molar-refractivity contribution < 1.29 is 9.18 Å². The quantitative estimate of drug-likeness (QED) is 0.845. The first-order valence-corrected chi connectivity index (χ1v) is 5.60. The molecule has 1 rings (SSSR count). The fraction of sp³-hybridized carbons (Fsp3) is 0.500. The number of aromatic nitrogens is 1. The number of halogens is 1. The summed E-state index contributed by atoms with van der Waals surface area (Å²) in [4.78, 5) is 15.5. The van der Waals surface area contributed by atoms with Crippen molar-refractivity contribution in [3.63, 3.8) is 0 Å². The van der Waals surface area contributed by atoms with Gasteiger partial charge in [0, 0.05) is 11.7 Å². The molecule has 0 saturated heterocycles. The third-order valence-corrected chi connectivity index (χ3v) is 2.49. The van der Waals surface area contributed by atoms with Crippen molar-refractivity contribution in [3.8, 4) is 0 Å². The van der Waals surface area contributed by atoms with Crippen LogP contribution in [0.15, 0.2) is 12.3 Å². The van der Waals surface area contributed by atoms with Crippen LogP contribution < -0.4 is 11.1 Å². The van der Waals surface area contributed by atoms with Crippen molar-refractivity contribution in [3.05, 3.63) is 23.6 Å². The van der Waals surface area contributed by atoms with Crippen LogP contribution in [0.5, 0.6) is 0 Å². The molecule has 1 aromatic heterocycles. The fourth-order valence-electron chi connectivity index (χ4n) is 1.70. The number of nitrogen functional groups attached to an aromatic ring is 1. The van der Waals surface area contributed by atoms with E-state index in [1.165, 1.54) is 12.3 Å². The van der Waals surface area contributed by atoms with E-state index in [1.807, 2.05) is 20.8 Å². The van der Waals surface area contributed by atoms with Crippen LogP contribution in [0.2, 0.25) is 0 Å². The summed E-state index contributed by atoms with van der Waals surface area (Å²) in [7, 11) is 0. The summed E-state index contributed by atoms with van der Waals surface area (Å²) in [6.07, 6.45) is 3.08. The van der Waals surface area contributed by atoms with Crippen LogP contribution in [0, 0.1) is 5.82 Å². The molecule has 1 amide bonds. The highest BCUT2D eigenvalue weighted by molar-refractivity contribution is 5.95. The Morgan fingerprint density at radius 1 is 1.59 bits per heavy atom. The van der Waals surface area contributed by atoms with E-state index in [0.717, 1.165) is 12.8 Å². The van der Waals surface area contributed by atoms with Crippen molar-refractivity contribution in [1.82, 2.24) is 10.3 Å². The van der Waals surface area contributed by atoms with Crippen LogP contribution in [0.25, 0.3) is 0 Å². The predicted molar refractivity (Wildman–Crippen MR) is 65.1 cm³/mol. The van der Waals surface area contributed by atoms with E-state index < -0.39 is 11.7 Å². The molecule has 0 aliphatic rings. The number of nitrogens with zero attached hydrogens (tertiary/aromatic N) is 1. The second-order valence-corrected chi connectivity index (χ2v) is 4.65. The number of anilines is 1. The third kappa shape index (κ3) is 3.41. The predicted octanol–water partition coefficient (Wildman–Crippen LogP) is 2.11. The number of nitrogens with two attached hydrogens (primary N) is 1. The highest BCUT2D eigenvalue weighted by Crippen LogP contribution is 2.15. The van der Waals surface area contributed by atoms with Crippen molar-refractivity contribution in [1.29, 1.82) is 0 Å². The highest BCUT2D eigenvalue weighted by atomic mass is 19.1. The largest absolute Gasteiger partial charge is 0.381 e. The van der Waals surface area contributed by atoms with Gasteiger partial charge in [0.05, 0.1) is 5.56 Å². The second kappa shape index (κ2) is 5.12. The molecule has 0 spiro atoms. The van der Waals surface area contributed by atoms with E-state index in [1.54, 1.807) is 0 Å². The first kappa shape index (κ1) is 13.4. The Morgan fingerprint density at radius 2 is 2.24 bits per heavy atom. The summed E-state index contributed by atoms with van der Waals surface area (Å²) < 4.78 is 13.6. The van der Waals surface area contributed by atoms with E-state index in [-0.39, 0.29) is 16.9 Å². The average Bonchev–Trinajstić information content (AvgIpc) is 2.21. The summed E-state index contributed by atoms with van der Waals surface area (Å²) in [6, 6.07) is 1.32. The van der Waals surface area contributed by atoms with E-state index in [4.69, 9.17) is 5.73 Å². The van der Waals surface area contributed by atoms with Crippen molar-refractivity contribution >= 4 is 11.7 Å². The molecule has 0 atom stereocenters. The first-order valence-electron chi connectivity index (χ1n) is 5.60. The van der Waals surface area contributed by atoms with Crippen molar-refractivity contribution in [2.24, 2.45) is 0 Å². The minimum atomic E-state index is -0.766. The van der Waals surface area contributed by atoms with Crippen molar-refractivity contribution in [2.45, 2.75) is 39.2 Å². The number of hydrogen-bond donors (Lipinski definition) is 2. The summed E-state index contributed by atoms with van der Waals surface area (Å²) in [6.45, 7) is 5.83. The zero-order valence-corrected chi connectivity index (χ0v) is 10.4. The lowest BCUT2D eigenvalue weighted by atomic mass is 9.98. The molecule has 4 nitrogen and oxygen atoms in total. The summed E-state index contributed by atoms with van der Waals surface area (Å²) in [5.74, 6) is -1.49. The summed E-state index contributed by atoms with van der Waals surface area (Å²) in [5, 5.41) is 2.78. The van der Waals surface area contributed by atoms with Crippen LogP contribution in [0.3, 0.4) is 0 Å². The molecule has 0 unspecified atom stereocenters. The molecule has 0 aliphatic heterocycles. The minimum absolute atomic E-state index is 0.0679. The molecule has 0 saturated carbocycles. The Bertz CT molecular complexity index is 418. The van der Waals surface area contributed by atoms with Gasteiger partial charge < -0.3 is 11.1 Å². The average molecular weight is 239 g/mol. The maximum atomic E-state index is 13.6. The van der Waals surface area contributed by atoms with Crippen LogP contribution in [-0.2, 0) is 0 Å². The smallest absolute Gasteiger partial charge is 0.254 e. The molecule has 17 heavy (non-hydrogen) atoms. The lowest BCUT2D eigenvalue weighted by Gasteiger charge is -2.25. The molecule has 0 radical (unpaired) electrons. The molecular weight excluding hydrogens is 221 g/mol. The maximum Gasteiger partial charge on any atom is 0.254 e. The number of nitrogens with one attached hydrogen (secondary N) is 1. The molecule has 0 bridgehead atoms. The van der Waals surface area contributed by atoms with Gasteiger partial charge >= 0.3 is 0 Å². The molecule has 0 aromatic carbocycles. The Labute approximate surface area is 100 Å². The highest BCUT2D eigenvalue weighted by Gasteiger charge is 2.22. The fourth-order valence-corrected chi connectivity index (χ4v) is 1.70. The van der Waals surface area contributed by atoms with Gasteiger partial charge in [-0.25, -0.2) is 9.37 Å². The molecule has 0 aliphatic carbocycles. The zero-order valence-electron chi connectivity index (χ0n) is 10.4. The summed E-state index contributed by atoms with van der Waals surface area (Å²) in [5.41, 5.74) is 4.88. The molecule has 1 heterocycles. The molecule has 0 fully saturated rings. The molecule has 1 aromatic rings. The van der Waals surface area contributed by atoms with Gasteiger partial charge in [0.15, 0.2) is 11.6 Å². The Balaban J connectivity index is 2.87. The number of carbonyl (C=O) groups is 1. The number of rotatable bonds is 4. The lowest BCUT2D eigenvalue weighted by molar-refractivity contribution is 0.0905. The van der Waals surface area contributed by atoms with Crippen LogP contribution in [-0.4, -0.2) is 16.4 Å². The topological polar surface area (TPSA) is 68.0 Å². The summed E-state index contributed by atoms with van der Waals surface area (Å²) >= 11 is 0. The van der Waals surface area contributed by atoms with Crippen LogP contribution in [0.4, 0.5) is 10.2 Å². The lowest BCUT2D eigenvalue weighted by Crippen LogP contribution is -2.43. The molecule has 5 heteroatoms. The number of amides is 1. The molecule has 94 valence electrons. The standard InChI is InChI=1S/C12H18FN3O/c1-4-6-12(2,3)16-11(17)8-5-7-15-10(14)9(8)13/h5,7H,4,6H2,1-3H3,(H2,14,15)(H,16,17). The minimum Gasteiger partial charge on any atom is -0.381 e. The number of hydrogen-bond acceptors (Lipinski definition) is 3. The van der Waals surface area contributed by atoms with Gasteiger partial charge in [0.1, 0.15) is 0 Å². The number of pyridine rings is 1. The van der Waals surface area contributed by atoms with E-state index >= 15 is 0 Å². The first-order chi connectivity index (χ1) is 7.87. The van der Waals surface area contributed by atoms with E-state index in [0.29, 0.717) is 0 Å². The Hall–Kier alpha value is -1.65. The molecule has 3 N–H and O–H groups in total. The van der Waals surface area contributed by atoms with Gasteiger partial charge in [0.25, 0.3) is 5.91 Å². The molecular formula is C12H18FN3O. The van der Waals surface area contributed by atoms with Crippen LogP contribution in [0.1, 0.15) is 44.0 Å². The van der Waals surface area contributed by atoms with Crippen molar-refractivity contribution in [2.75, 3.05) is 5.73 Å². The van der Waals surface area contributed by atoms with Gasteiger partial charge in [-0.1, -0.05) is 13.3 Å². The number of carbonyl (C=O) groups excluding carboxylic acids is 1. The van der Waals surface area contributed by atoms with E-state index in [2.05, 4.69) is 10.3 Å². The van der Waals surface area contributed by atoms with Gasteiger partial charge in [-0.2, -0.15) is 0 Å². The monoisotopic (exact) mass is 239 g/mol. The second-order valence-electron chi connectivity index (χ2n) is 4.65. The van der Waals surface area contributed by atoms with Gasteiger partial charge in [-0.05, 0) is 26.3 Å². The third-order valence-electron chi connectivity index (χ3n) is 2.49. The van der Waals surface area contributed by atoms with Gasteiger partial charge in [-0.15, -0.1) is 0 Å². The normalized spacial score (nSPS) is 11.3. The van der Waals surface area contributed by atoms with Gasteiger partial charge in [0.2, 0.25) is 0 Å². The SMILES string of the molecule is CCCC(C)(C)NC(=O)c1ccnc(N)c1F. The zero-order chi connectivity index (χ0) is 13.1. The Morgan fingerprint density at radius 3 is 2.82 bits per heavy atom. The van der Waals surface area contributed by atoms with Crippen LogP contribution >= 0.6 is 0 Å².